The van der Waals surface area contributed by atoms with Gasteiger partial charge < -0.3 is 20.1 Å². The smallest absolute Gasteiger partial charge is 0.462 e. The first kappa shape index (κ1) is 49.7. The Balaban J connectivity index is 4.28. The fraction of sp³-hybridized carbons (Fsp3) is 0.714. The number of allylic oxidation sites excluding steroid dienone is 10. The summed E-state index contributed by atoms with van der Waals surface area (Å²) < 4.78 is 32.6. The second-order valence-corrected chi connectivity index (χ2v) is 14.6. The molecule has 0 fully saturated rings. The summed E-state index contributed by atoms with van der Waals surface area (Å²) in [7, 11) is -4.39. The molecule has 0 aliphatic heterocycles. The minimum absolute atomic E-state index is 0.0442. The minimum atomic E-state index is -4.39. The number of phosphoric ester groups is 1. The number of hydrogen-bond acceptors (Lipinski definition) is 8. The highest BCUT2D eigenvalue weighted by molar-refractivity contribution is 7.47. The van der Waals surface area contributed by atoms with Crippen molar-refractivity contribution in [3.8, 4) is 0 Å². The number of esters is 2. The van der Waals surface area contributed by atoms with E-state index in [0.29, 0.717) is 12.8 Å². The fourth-order valence-corrected chi connectivity index (χ4v) is 5.85. The van der Waals surface area contributed by atoms with E-state index in [1.54, 1.807) is 0 Å². The summed E-state index contributed by atoms with van der Waals surface area (Å²) >= 11 is 0. The molecular formula is C42H74NO8P. The Morgan fingerprint density at radius 3 is 1.52 bits per heavy atom. The van der Waals surface area contributed by atoms with Crippen molar-refractivity contribution in [2.24, 2.45) is 5.73 Å². The van der Waals surface area contributed by atoms with Gasteiger partial charge >= 0.3 is 19.8 Å². The lowest BCUT2D eigenvalue weighted by Gasteiger charge is -2.19. The molecule has 52 heavy (non-hydrogen) atoms. The average Bonchev–Trinajstić information content (AvgIpc) is 3.13. The van der Waals surface area contributed by atoms with Crippen molar-refractivity contribution >= 4 is 19.8 Å². The Labute approximate surface area is 317 Å². The van der Waals surface area contributed by atoms with Gasteiger partial charge in [-0.05, 0) is 83.5 Å². The molecular weight excluding hydrogens is 677 g/mol. The van der Waals surface area contributed by atoms with Crippen LogP contribution in [0.4, 0.5) is 0 Å². The number of nitrogens with two attached hydrogens (primary N) is 1. The Bertz CT molecular complexity index is 1040. The van der Waals surface area contributed by atoms with E-state index in [-0.39, 0.29) is 32.6 Å². The number of hydrogen-bond donors (Lipinski definition) is 2. The van der Waals surface area contributed by atoms with Crippen LogP contribution in [0.1, 0.15) is 162 Å². The predicted octanol–water partition coefficient (Wildman–Crippen LogP) is 11.3. The molecule has 9 nitrogen and oxygen atoms in total. The van der Waals surface area contributed by atoms with Gasteiger partial charge in [-0.1, -0.05) is 126 Å². The van der Waals surface area contributed by atoms with Crippen LogP contribution in [-0.2, 0) is 32.7 Å². The van der Waals surface area contributed by atoms with Crippen molar-refractivity contribution in [2.45, 2.75) is 168 Å². The topological polar surface area (TPSA) is 134 Å². The highest BCUT2D eigenvalue weighted by atomic mass is 31.2. The van der Waals surface area contributed by atoms with Crippen LogP contribution in [-0.4, -0.2) is 49.3 Å². The molecule has 2 atom stereocenters. The van der Waals surface area contributed by atoms with Crippen LogP contribution < -0.4 is 5.73 Å². The zero-order valence-electron chi connectivity index (χ0n) is 32.8. The van der Waals surface area contributed by atoms with Crippen LogP contribution >= 0.6 is 7.82 Å². The molecule has 1 unspecified atom stereocenters. The first-order chi connectivity index (χ1) is 25.3. The van der Waals surface area contributed by atoms with Crippen LogP contribution in [0.15, 0.2) is 60.8 Å². The van der Waals surface area contributed by atoms with Gasteiger partial charge in [-0.2, -0.15) is 0 Å². The molecule has 0 spiro atoms. The third-order valence-electron chi connectivity index (χ3n) is 8.13. The molecule has 0 aromatic rings. The summed E-state index contributed by atoms with van der Waals surface area (Å²) in [5.41, 5.74) is 5.33. The van der Waals surface area contributed by atoms with Crippen molar-refractivity contribution in [1.82, 2.24) is 0 Å². The standard InChI is InChI=1S/C42H74NO8P/c1-3-5-7-9-11-13-15-17-18-19-20-21-22-23-25-27-29-31-33-35-42(45)51-40(39-50-52(46,47)49-37-36-43)38-48-41(44)34-32-30-28-26-24-16-14-12-10-8-6-4-2/h11-14,17-18,20-21,23,25,40H,3-10,15-16,19,22,24,26-39,43H2,1-2H3,(H,46,47)/b13-11+,14-12+,18-17+,21-20+,25-23+/t40-/m1/s1. The molecule has 0 radical (unpaired) electrons. The summed E-state index contributed by atoms with van der Waals surface area (Å²) in [6.07, 6.45) is 43.9. The molecule has 0 aromatic heterocycles. The van der Waals surface area contributed by atoms with Crippen LogP contribution in [0.2, 0.25) is 0 Å². The lowest BCUT2D eigenvalue weighted by Crippen LogP contribution is -2.29. The maximum Gasteiger partial charge on any atom is 0.472 e. The van der Waals surface area contributed by atoms with E-state index < -0.39 is 32.5 Å². The molecule has 10 heteroatoms. The molecule has 3 N–H and O–H groups in total. The van der Waals surface area contributed by atoms with E-state index in [0.717, 1.165) is 77.0 Å². The van der Waals surface area contributed by atoms with Gasteiger partial charge in [0.1, 0.15) is 6.61 Å². The molecule has 0 saturated carbocycles. The van der Waals surface area contributed by atoms with Gasteiger partial charge in [0, 0.05) is 19.4 Å². The van der Waals surface area contributed by atoms with Crippen molar-refractivity contribution < 1.29 is 37.6 Å². The Kier molecular flexibility index (Phi) is 36.7. The molecule has 0 aliphatic carbocycles. The van der Waals surface area contributed by atoms with Crippen molar-refractivity contribution in [1.29, 1.82) is 0 Å². The predicted molar refractivity (Wildman–Crippen MR) is 215 cm³/mol. The van der Waals surface area contributed by atoms with E-state index in [4.69, 9.17) is 24.3 Å². The van der Waals surface area contributed by atoms with Gasteiger partial charge in [0.05, 0.1) is 13.2 Å². The highest BCUT2D eigenvalue weighted by Gasteiger charge is 2.25. The number of carbonyl (C=O) groups is 2. The van der Waals surface area contributed by atoms with Crippen LogP contribution in [0, 0.1) is 0 Å². The Morgan fingerprint density at radius 2 is 1.00 bits per heavy atom. The highest BCUT2D eigenvalue weighted by Crippen LogP contribution is 2.43. The van der Waals surface area contributed by atoms with E-state index >= 15 is 0 Å². The number of rotatable bonds is 37. The third-order valence-corrected chi connectivity index (χ3v) is 9.11. The molecule has 300 valence electrons. The number of carbonyl (C=O) groups excluding carboxylic acids is 2. The van der Waals surface area contributed by atoms with E-state index in [1.165, 1.54) is 44.9 Å². The monoisotopic (exact) mass is 752 g/mol. The van der Waals surface area contributed by atoms with Crippen molar-refractivity contribution in [2.75, 3.05) is 26.4 Å². The average molecular weight is 752 g/mol. The summed E-state index contributed by atoms with van der Waals surface area (Å²) in [6, 6.07) is 0. The van der Waals surface area contributed by atoms with Crippen molar-refractivity contribution in [3.05, 3.63) is 60.8 Å². The Morgan fingerprint density at radius 1 is 0.577 bits per heavy atom. The first-order valence-corrected chi connectivity index (χ1v) is 21.8. The summed E-state index contributed by atoms with van der Waals surface area (Å²) in [6.45, 7) is 3.61. The van der Waals surface area contributed by atoms with E-state index in [9.17, 15) is 19.0 Å². The molecule has 0 aromatic carbocycles. The van der Waals surface area contributed by atoms with Gasteiger partial charge in [-0.25, -0.2) is 4.57 Å². The summed E-state index contributed by atoms with van der Waals surface area (Å²) in [5, 5.41) is 0. The maximum absolute atomic E-state index is 12.5. The van der Waals surface area contributed by atoms with Gasteiger partial charge in [0.2, 0.25) is 0 Å². The molecule has 0 amide bonds. The van der Waals surface area contributed by atoms with E-state index in [1.807, 2.05) is 0 Å². The van der Waals surface area contributed by atoms with E-state index in [2.05, 4.69) is 74.6 Å². The van der Waals surface area contributed by atoms with Gasteiger partial charge in [0.25, 0.3) is 0 Å². The quantitative estimate of drug-likeness (QED) is 0.0275. The SMILES string of the molecule is CCCCC/C=C/C/C=C/C/C=C/C/C=C/CCCCCC(=O)O[C@H](COC(=O)CCCCCCC/C=C/CCCCC)COP(=O)(O)OCCN. The Hall–Kier alpha value is -2.29. The number of unbranched alkanes of at least 4 members (excludes halogenated alkanes) is 14. The molecule has 0 aliphatic rings. The zero-order valence-corrected chi connectivity index (χ0v) is 33.7. The molecule has 0 heterocycles. The van der Waals surface area contributed by atoms with Gasteiger partial charge in [-0.3, -0.25) is 18.6 Å². The summed E-state index contributed by atoms with van der Waals surface area (Å²) in [4.78, 5) is 34.7. The van der Waals surface area contributed by atoms with Gasteiger partial charge in [-0.15, -0.1) is 0 Å². The normalized spacial score (nSPS) is 14.0. The number of ether oxygens (including phenoxy) is 2. The summed E-state index contributed by atoms with van der Waals surface area (Å²) in [5.74, 6) is -0.881. The third kappa shape index (κ3) is 37.5. The lowest BCUT2D eigenvalue weighted by atomic mass is 10.1. The van der Waals surface area contributed by atoms with Crippen molar-refractivity contribution in [3.63, 3.8) is 0 Å². The van der Waals surface area contributed by atoms with Crippen LogP contribution in [0.5, 0.6) is 0 Å². The number of phosphoric acid groups is 1. The van der Waals surface area contributed by atoms with Gasteiger partial charge in [0.15, 0.2) is 6.10 Å². The molecule has 0 saturated heterocycles. The second-order valence-electron chi connectivity index (χ2n) is 13.1. The zero-order chi connectivity index (χ0) is 38.2. The molecule has 0 rings (SSSR count). The first-order valence-electron chi connectivity index (χ1n) is 20.3. The van der Waals surface area contributed by atoms with Crippen LogP contribution in [0.25, 0.3) is 0 Å². The molecule has 0 bridgehead atoms. The fourth-order valence-electron chi connectivity index (χ4n) is 5.08. The second kappa shape index (κ2) is 38.4. The minimum Gasteiger partial charge on any atom is -0.462 e. The van der Waals surface area contributed by atoms with Crippen LogP contribution in [0.3, 0.4) is 0 Å². The maximum atomic E-state index is 12.5. The lowest BCUT2D eigenvalue weighted by molar-refractivity contribution is -0.161. The largest absolute Gasteiger partial charge is 0.472 e.